The van der Waals surface area contributed by atoms with Crippen molar-refractivity contribution in [1.29, 1.82) is 0 Å². The molecule has 17 heavy (non-hydrogen) atoms. The highest BCUT2D eigenvalue weighted by Crippen LogP contribution is 2.12. The summed E-state index contributed by atoms with van der Waals surface area (Å²) in [4.78, 5) is 27.1. The van der Waals surface area contributed by atoms with Gasteiger partial charge in [0.1, 0.15) is 0 Å². The third kappa shape index (κ3) is 3.57. The first kappa shape index (κ1) is 13.2. The van der Waals surface area contributed by atoms with Gasteiger partial charge in [0.25, 0.3) is 0 Å². The summed E-state index contributed by atoms with van der Waals surface area (Å²) in [5.74, 6) is 0. The summed E-state index contributed by atoms with van der Waals surface area (Å²) in [6.45, 7) is 0.434. The number of rotatable bonds is 4. The van der Waals surface area contributed by atoms with Crippen LogP contribution in [0.25, 0.3) is 0 Å². The van der Waals surface area contributed by atoms with E-state index < -0.39 is 6.03 Å². The van der Waals surface area contributed by atoms with Crippen LogP contribution in [0, 0.1) is 0 Å². The Morgan fingerprint density at radius 3 is 2.24 bits per heavy atom. The van der Waals surface area contributed by atoms with Crippen LogP contribution >= 0.6 is 0 Å². The van der Waals surface area contributed by atoms with Gasteiger partial charge in [-0.3, -0.25) is 9.69 Å². The molecule has 0 fully saturated rings. The van der Waals surface area contributed by atoms with Crippen LogP contribution in [-0.4, -0.2) is 50.1 Å². The van der Waals surface area contributed by atoms with Crippen LogP contribution in [-0.2, 0) is 4.79 Å². The van der Waals surface area contributed by atoms with Crippen molar-refractivity contribution in [1.82, 2.24) is 9.80 Å². The normalized spacial score (nSPS) is 10.1. The molecule has 5 nitrogen and oxygen atoms in total. The SMILES string of the molecule is CN(C)CN(C)C(=O)N([C]=O)c1ccccc1. The summed E-state index contributed by atoms with van der Waals surface area (Å²) >= 11 is 0. The van der Waals surface area contributed by atoms with E-state index in [1.807, 2.05) is 25.1 Å². The van der Waals surface area contributed by atoms with Gasteiger partial charge in [-0.2, -0.15) is 0 Å². The van der Waals surface area contributed by atoms with Gasteiger partial charge in [0.2, 0.25) is 0 Å². The van der Waals surface area contributed by atoms with Gasteiger partial charge in [0.15, 0.2) is 0 Å². The minimum Gasteiger partial charge on any atom is -0.314 e. The molecule has 0 saturated heterocycles. The number of hydrogen-bond donors (Lipinski definition) is 0. The number of benzene rings is 1. The van der Waals surface area contributed by atoms with Crippen molar-refractivity contribution >= 4 is 18.1 Å². The molecule has 0 aromatic heterocycles. The lowest BCUT2D eigenvalue weighted by Crippen LogP contribution is -2.44. The maximum absolute atomic E-state index is 12.0. The zero-order valence-electron chi connectivity index (χ0n) is 10.3. The molecule has 0 unspecified atom stereocenters. The number of imide groups is 1. The van der Waals surface area contributed by atoms with Crippen LogP contribution in [0.15, 0.2) is 30.3 Å². The minimum absolute atomic E-state index is 0.403. The molecule has 0 atom stereocenters. The van der Waals surface area contributed by atoms with Gasteiger partial charge in [-0.15, -0.1) is 0 Å². The van der Waals surface area contributed by atoms with Gasteiger partial charge in [-0.25, -0.2) is 9.69 Å². The van der Waals surface area contributed by atoms with Gasteiger partial charge in [-0.05, 0) is 26.2 Å². The second-order valence-corrected chi connectivity index (χ2v) is 3.96. The zero-order chi connectivity index (χ0) is 12.8. The molecule has 0 spiro atoms. The van der Waals surface area contributed by atoms with E-state index in [0.29, 0.717) is 12.4 Å². The average Bonchev–Trinajstić information content (AvgIpc) is 2.30. The molecule has 0 aliphatic carbocycles. The summed E-state index contributed by atoms with van der Waals surface area (Å²) in [5.41, 5.74) is 0.512. The lowest BCUT2D eigenvalue weighted by Gasteiger charge is -2.25. The first-order valence-corrected chi connectivity index (χ1v) is 5.19. The molecule has 0 N–H and O–H groups in total. The van der Waals surface area contributed by atoms with Gasteiger partial charge >= 0.3 is 12.4 Å². The molecule has 0 heterocycles. The summed E-state index contributed by atoms with van der Waals surface area (Å²) in [6.07, 6.45) is 1.65. The highest BCUT2D eigenvalue weighted by molar-refractivity contribution is 6.05. The van der Waals surface area contributed by atoms with Crippen molar-refractivity contribution in [3.05, 3.63) is 30.3 Å². The molecule has 3 amide bonds. The lowest BCUT2D eigenvalue weighted by atomic mass is 10.3. The number of urea groups is 1. The molecule has 0 aliphatic heterocycles. The lowest BCUT2D eigenvalue weighted by molar-refractivity contribution is 0.191. The van der Waals surface area contributed by atoms with E-state index >= 15 is 0 Å². The molecule has 0 saturated carbocycles. The fraction of sp³-hybridized carbons (Fsp3) is 0.333. The Morgan fingerprint density at radius 1 is 1.18 bits per heavy atom. The molecular formula is C12H16N3O2. The van der Waals surface area contributed by atoms with E-state index in [2.05, 4.69) is 0 Å². The average molecular weight is 234 g/mol. The highest BCUT2D eigenvalue weighted by atomic mass is 16.2. The predicted octanol–water partition coefficient (Wildman–Crippen LogP) is 1.13. The first-order chi connectivity index (χ1) is 8.06. The summed E-state index contributed by atoms with van der Waals surface area (Å²) in [5, 5.41) is 0. The molecule has 0 bridgehead atoms. The molecule has 1 radical (unpaired) electrons. The van der Waals surface area contributed by atoms with Gasteiger partial charge < -0.3 is 4.90 Å². The first-order valence-electron chi connectivity index (χ1n) is 5.19. The Bertz CT molecular complexity index is 379. The number of carbonyl (C=O) groups excluding carboxylic acids is 2. The number of anilines is 1. The predicted molar refractivity (Wildman–Crippen MR) is 66.3 cm³/mol. The molecule has 91 valence electrons. The number of nitrogens with zero attached hydrogens (tertiary/aromatic N) is 3. The molecule has 1 rings (SSSR count). The number of amides is 3. The quantitative estimate of drug-likeness (QED) is 0.579. The smallest absolute Gasteiger partial charge is 0.314 e. The van der Waals surface area contributed by atoms with Crippen molar-refractivity contribution in [2.45, 2.75) is 0 Å². The maximum Gasteiger partial charge on any atom is 0.332 e. The fourth-order valence-corrected chi connectivity index (χ4v) is 1.43. The Hall–Kier alpha value is -1.88. The highest BCUT2D eigenvalue weighted by Gasteiger charge is 2.19. The Morgan fingerprint density at radius 2 is 1.76 bits per heavy atom. The minimum atomic E-state index is -0.403. The Labute approximate surface area is 101 Å². The molecule has 0 aliphatic rings. The second kappa shape index (κ2) is 6.00. The van der Waals surface area contributed by atoms with E-state index in [-0.39, 0.29) is 0 Å². The summed E-state index contributed by atoms with van der Waals surface area (Å²) < 4.78 is 0. The zero-order valence-corrected chi connectivity index (χ0v) is 10.3. The third-order valence-corrected chi connectivity index (χ3v) is 2.12. The molecular weight excluding hydrogens is 218 g/mol. The van der Waals surface area contributed by atoms with Crippen molar-refractivity contribution in [3.8, 4) is 0 Å². The second-order valence-electron chi connectivity index (χ2n) is 3.96. The van der Waals surface area contributed by atoms with E-state index in [0.717, 1.165) is 4.90 Å². The monoisotopic (exact) mass is 234 g/mol. The van der Waals surface area contributed by atoms with Crippen LogP contribution < -0.4 is 4.90 Å². The van der Waals surface area contributed by atoms with Crippen LogP contribution in [0.1, 0.15) is 0 Å². The standard InChI is InChI=1S/C12H16N3O2/c1-13(2)9-14(3)12(17)15(10-16)11-7-5-4-6-8-11/h4-8H,9H2,1-3H3. The van der Waals surface area contributed by atoms with Gasteiger partial charge in [-0.1, -0.05) is 18.2 Å². The third-order valence-electron chi connectivity index (χ3n) is 2.12. The van der Waals surface area contributed by atoms with Crippen molar-refractivity contribution in [2.24, 2.45) is 0 Å². The van der Waals surface area contributed by atoms with Crippen molar-refractivity contribution in [3.63, 3.8) is 0 Å². The van der Waals surface area contributed by atoms with Crippen molar-refractivity contribution < 1.29 is 9.59 Å². The maximum atomic E-state index is 12.0. The summed E-state index contributed by atoms with van der Waals surface area (Å²) in [6, 6.07) is 8.32. The summed E-state index contributed by atoms with van der Waals surface area (Å²) in [7, 11) is 5.33. The van der Waals surface area contributed by atoms with E-state index in [9.17, 15) is 9.59 Å². The van der Waals surface area contributed by atoms with Crippen LogP contribution in [0.5, 0.6) is 0 Å². The topological polar surface area (TPSA) is 43.9 Å². The largest absolute Gasteiger partial charge is 0.332 e. The van der Waals surface area contributed by atoms with Gasteiger partial charge in [0, 0.05) is 7.05 Å². The molecule has 1 aromatic rings. The van der Waals surface area contributed by atoms with E-state index in [1.165, 1.54) is 4.90 Å². The fourth-order valence-electron chi connectivity index (χ4n) is 1.43. The van der Waals surface area contributed by atoms with E-state index in [4.69, 9.17) is 0 Å². The van der Waals surface area contributed by atoms with Gasteiger partial charge in [0.05, 0.1) is 12.4 Å². The van der Waals surface area contributed by atoms with Crippen LogP contribution in [0.2, 0.25) is 0 Å². The Kier molecular flexibility index (Phi) is 4.66. The van der Waals surface area contributed by atoms with Crippen LogP contribution in [0.4, 0.5) is 10.5 Å². The van der Waals surface area contributed by atoms with E-state index in [1.54, 1.807) is 37.7 Å². The van der Waals surface area contributed by atoms with Crippen LogP contribution in [0.3, 0.4) is 0 Å². The number of para-hydroxylation sites is 1. The molecule has 1 aromatic carbocycles. The number of carbonyl (C=O) groups is 1. The Balaban J connectivity index is 2.81. The molecule has 5 heteroatoms. The number of hydrogen-bond acceptors (Lipinski definition) is 3. The van der Waals surface area contributed by atoms with Crippen molar-refractivity contribution in [2.75, 3.05) is 32.7 Å².